The van der Waals surface area contributed by atoms with E-state index >= 15 is 0 Å². The third-order valence-corrected chi connectivity index (χ3v) is 5.39. The van der Waals surface area contributed by atoms with Gasteiger partial charge in [-0.1, -0.05) is 30.7 Å². The number of carbonyl (C=O) groups is 1. The van der Waals surface area contributed by atoms with Crippen molar-refractivity contribution >= 4 is 34.1 Å². The highest BCUT2D eigenvalue weighted by Gasteiger charge is 2.34. The highest BCUT2D eigenvalue weighted by atomic mass is 35.5. The molecule has 1 aliphatic heterocycles. The summed E-state index contributed by atoms with van der Waals surface area (Å²) >= 11 is 6.53. The summed E-state index contributed by atoms with van der Waals surface area (Å²) in [6, 6.07) is 13.3. The molecule has 0 bridgehead atoms. The Bertz CT molecular complexity index is 1130. The molecule has 0 unspecified atom stereocenters. The average molecular weight is 426 g/mol. The minimum atomic E-state index is -0.377. The molecule has 0 saturated carbocycles. The van der Waals surface area contributed by atoms with Crippen LogP contribution < -0.4 is 4.74 Å². The summed E-state index contributed by atoms with van der Waals surface area (Å²) < 4.78 is 18.9. The van der Waals surface area contributed by atoms with Gasteiger partial charge in [0.2, 0.25) is 5.91 Å². The summed E-state index contributed by atoms with van der Waals surface area (Å²) in [5.74, 6) is 0.315. The number of amides is 1. The maximum Gasteiger partial charge on any atom is 0.242 e. The normalized spacial score (nSPS) is 16.1. The minimum Gasteiger partial charge on any atom is -0.494 e. The van der Waals surface area contributed by atoms with Crippen molar-refractivity contribution in [2.24, 2.45) is 5.10 Å². The van der Waals surface area contributed by atoms with E-state index < -0.39 is 0 Å². The second kappa shape index (κ2) is 8.40. The molecule has 1 aromatic heterocycles. The van der Waals surface area contributed by atoms with Gasteiger partial charge in [-0.15, -0.1) is 0 Å². The maximum atomic E-state index is 13.3. The third kappa shape index (κ3) is 3.87. The lowest BCUT2D eigenvalue weighted by Gasteiger charge is -2.22. The van der Waals surface area contributed by atoms with Crippen LogP contribution >= 0.6 is 11.6 Å². The monoisotopic (exact) mass is 425 g/mol. The van der Waals surface area contributed by atoms with Gasteiger partial charge in [-0.05, 0) is 48.9 Å². The van der Waals surface area contributed by atoms with Gasteiger partial charge in [0, 0.05) is 23.8 Å². The summed E-state index contributed by atoms with van der Waals surface area (Å²) in [4.78, 5) is 17.1. The van der Waals surface area contributed by atoms with Crippen LogP contribution in [0.1, 0.15) is 43.9 Å². The largest absolute Gasteiger partial charge is 0.494 e. The quantitative estimate of drug-likeness (QED) is 0.506. The average Bonchev–Trinajstić information content (AvgIpc) is 3.19. The van der Waals surface area contributed by atoms with E-state index in [-0.39, 0.29) is 17.8 Å². The fourth-order valence-corrected chi connectivity index (χ4v) is 3.87. The molecule has 2 aromatic carbocycles. The molecule has 0 spiro atoms. The van der Waals surface area contributed by atoms with Crippen molar-refractivity contribution in [3.63, 3.8) is 0 Å². The summed E-state index contributed by atoms with van der Waals surface area (Å²) in [6.45, 7) is 4.28. The van der Waals surface area contributed by atoms with Crippen LogP contribution in [0.4, 0.5) is 4.39 Å². The lowest BCUT2D eigenvalue weighted by molar-refractivity contribution is -0.132. The van der Waals surface area contributed by atoms with Gasteiger partial charge in [0.25, 0.3) is 0 Å². The lowest BCUT2D eigenvalue weighted by Crippen LogP contribution is -2.26. The van der Waals surface area contributed by atoms with Crippen LogP contribution in [0.3, 0.4) is 0 Å². The Labute approximate surface area is 179 Å². The first kappa shape index (κ1) is 20.3. The zero-order valence-corrected chi connectivity index (χ0v) is 17.5. The Morgan fingerprint density at radius 3 is 2.67 bits per heavy atom. The molecule has 0 saturated heterocycles. The van der Waals surface area contributed by atoms with Crippen molar-refractivity contribution in [1.29, 1.82) is 0 Å². The zero-order chi connectivity index (χ0) is 21.3. The van der Waals surface area contributed by atoms with Crippen molar-refractivity contribution in [1.82, 2.24) is 9.99 Å². The molecule has 0 fully saturated rings. The first-order valence-corrected chi connectivity index (χ1v) is 10.3. The second-order valence-corrected chi connectivity index (χ2v) is 7.38. The highest BCUT2D eigenvalue weighted by Crippen LogP contribution is 2.38. The van der Waals surface area contributed by atoms with E-state index in [0.717, 1.165) is 27.8 Å². The van der Waals surface area contributed by atoms with Gasteiger partial charge >= 0.3 is 0 Å². The van der Waals surface area contributed by atoms with E-state index in [1.165, 1.54) is 17.1 Å². The zero-order valence-electron chi connectivity index (χ0n) is 16.7. The first-order valence-electron chi connectivity index (χ1n) is 9.88. The van der Waals surface area contributed by atoms with Crippen LogP contribution in [-0.2, 0) is 4.79 Å². The highest BCUT2D eigenvalue weighted by molar-refractivity contribution is 6.30. The molecule has 1 aliphatic rings. The van der Waals surface area contributed by atoms with Gasteiger partial charge in [-0.2, -0.15) is 5.10 Å². The predicted molar refractivity (Wildman–Crippen MR) is 115 cm³/mol. The molecule has 3 aromatic rings. The number of benzene rings is 2. The number of carbonyl (C=O) groups excluding carboxylic acids is 1. The number of halogens is 2. The Kier molecular flexibility index (Phi) is 5.68. The van der Waals surface area contributed by atoms with Crippen molar-refractivity contribution in [3.05, 3.63) is 70.6 Å². The number of hydrogen-bond acceptors (Lipinski definition) is 4. The molecule has 1 atom stereocenters. The Morgan fingerprint density at radius 2 is 1.97 bits per heavy atom. The van der Waals surface area contributed by atoms with Gasteiger partial charge in [-0.25, -0.2) is 14.4 Å². The smallest absolute Gasteiger partial charge is 0.242 e. The molecule has 154 valence electrons. The summed E-state index contributed by atoms with van der Waals surface area (Å²) in [5.41, 5.74) is 2.95. The van der Waals surface area contributed by atoms with E-state index in [1.807, 2.05) is 31.2 Å². The van der Waals surface area contributed by atoms with Crippen LogP contribution in [-0.4, -0.2) is 28.2 Å². The van der Waals surface area contributed by atoms with E-state index in [1.54, 1.807) is 19.1 Å². The van der Waals surface area contributed by atoms with Crippen LogP contribution in [0, 0.1) is 5.82 Å². The Balaban J connectivity index is 1.75. The first-order chi connectivity index (χ1) is 14.5. The van der Waals surface area contributed by atoms with Crippen molar-refractivity contribution in [2.45, 2.75) is 32.7 Å². The maximum absolute atomic E-state index is 13.3. The van der Waals surface area contributed by atoms with Crippen LogP contribution in [0.2, 0.25) is 5.15 Å². The summed E-state index contributed by atoms with van der Waals surface area (Å²) in [5, 5.41) is 7.23. The molecule has 4 rings (SSSR count). The van der Waals surface area contributed by atoms with Crippen molar-refractivity contribution < 1.29 is 13.9 Å². The van der Waals surface area contributed by atoms with Crippen molar-refractivity contribution in [2.75, 3.05) is 6.61 Å². The van der Waals surface area contributed by atoms with E-state index in [4.69, 9.17) is 16.3 Å². The molecular weight excluding hydrogens is 405 g/mol. The SMILES string of the molecule is CCOc1ccc2nc(Cl)c([C@@H]3CC(c4ccc(F)cc4)=NN3C(=O)CC)cc2c1. The lowest BCUT2D eigenvalue weighted by atomic mass is 9.98. The number of hydrazone groups is 1. The fraction of sp³-hybridized carbons (Fsp3) is 0.261. The van der Waals surface area contributed by atoms with Gasteiger partial charge in [0.05, 0.1) is 23.9 Å². The summed E-state index contributed by atoms with van der Waals surface area (Å²) in [7, 11) is 0. The van der Waals surface area contributed by atoms with Gasteiger partial charge in [-0.3, -0.25) is 4.79 Å². The number of fused-ring (bicyclic) bond motifs is 1. The van der Waals surface area contributed by atoms with Crippen molar-refractivity contribution in [3.8, 4) is 5.75 Å². The predicted octanol–water partition coefficient (Wildman–Crippen LogP) is 5.51. The number of aromatic nitrogens is 1. The summed E-state index contributed by atoms with van der Waals surface area (Å²) in [6.07, 6.45) is 0.777. The Morgan fingerprint density at radius 1 is 1.20 bits per heavy atom. The number of pyridine rings is 1. The number of ether oxygens (including phenoxy) is 1. The Hall–Kier alpha value is -2.99. The topological polar surface area (TPSA) is 54.8 Å². The molecule has 0 N–H and O–H groups in total. The number of hydrogen-bond donors (Lipinski definition) is 0. The van der Waals surface area contributed by atoms with Gasteiger partial charge < -0.3 is 4.74 Å². The molecule has 0 aliphatic carbocycles. The van der Waals surface area contributed by atoms with E-state index in [2.05, 4.69) is 10.1 Å². The van der Waals surface area contributed by atoms with E-state index in [0.29, 0.717) is 30.3 Å². The third-order valence-electron chi connectivity index (χ3n) is 5.08. The minimum absolute atomic E-state index is 0.114. The standard InChI is InChI=1S/C23H21ClFN3O2/c1-3-22(29)28-21(13-20(27-28)14-5-7-16(25)8-6-14)18-12-15-11-17(30-4-2)9-10-19(15)26-23(18)24/h5-12,21H,3-4,13H2,1-2H3/t21-/m0/s1. The van der Waals surface area contributed by atoms with Gasteiger partial charge in [0.15, 0.2) is 0 Å². The molecule has 30 heavy (non-hydrogen) atoms. The number of rotatable bonds is 5. The molecule has 2 heterocycles. The van der Waals surface area contributed by atoms with Gasteiger partial charge in [0.1, 0.15) is 16.7 Å². The molecular formula is C23H21ClFN3O2. The van der Waals surface area contributed by atoms with Crippen LogP contribution in [0.5, 0.6) is 5.75 Å². The molecule has 5 nitrogen and oxygen atoms in total. The molecule has 1 amide bonds. The van der Waals surface area contributed by atoms with Crippen LogP contribution in [0.25, 0.3) is 10.9 Å². The second-order valence-electron chi connectivity index (χ2n) is 7.02. The molecule has 7 heteroatoms. The fourth-order valence-electron chi connectivity index (χ4n) is 3.60. The number of nitrogens with zero attached hydrogens (tertiary/aromatic N) is 3. The molecule has 0 radical (unpaired) electrons. The van der Waals surface area contributed by atoms with E-state index in [9.17, 15) is 9.18 Å². The van der Waals surface area contributed by atoms with Crippen LogP contribution in [0.15, 0.2) is 53.6 Å².